The normalized spacial score (nSPS) is 14.7. The second kappa shape index (κ2) is 10.8. The van der Waals surface area contributed by atoms with Crippen LogP contribution in [-0.2, 0) is 15.8 Å². The molecule has 0 bridgehead atoms. The third kappa shape index (κ3) is 6.61. The number of aryl methyl sites for hydroxylation is 1. The number of aromatic nitrogens is 1. The van der Waals surface area contributed by atoms with Gasteiger partial charge >= 0.3 is 6.18 Å². The van der Waals surface area contributed by atoms with Crippen molar-refractivity contribution in [3.05, 3.63) is 53.2 Å². The van der Waals surface area contributed by atoms with Crippen LogP contribution >= 0.6 is 0 Å². The Labute approximate surface area is 196 Å². The lowest BCUT2D eigenvalue weighted by atomic mass is 9.96. The fourth-order valence-electron chi connectivity index (χ4n) is 3.77. The zero-order valence-corrected chi connectivity index (χ0v) is 19.4. The lowest BCUT2D eigenvalue weighted by Crippen LogP contribution is -2.48. The Morgan fingerprint density at radius 2 is 1.85 bits per heavy atom. The van der Waals surface area contributed by atoms with Crippen LogP contribution in [0.1, 0.15) is 49.3 Å². The lowest BCUT2D eigenvalue weighted by molar-refractivity contribution is -0.137. The number of hydrogen-bond acceptors (Lipinski definition) is 5. The van der Waals surface area contributed by atoms with E-state index in [4.69, 9.17) is 4.74 Å². The van der Waals surface area contributed by atoms with Crippen molar-refractivity contribution < 1.29 is 27.5 Å². The SMILES string of the molecule is Cc1ccc(C(C)C)c(OCC(=O)NNC(=O)C2CCN(c3ccc(C(F)(F)F)cn3)CC2)c1. The number of ether oxygens (including phenoxy) is 1. The summed E-state index contributed by atoms with van der Waals surface area (Å²) >= 11 is 0. The van der Waals surface area contributed by atoms with Gasteiger partial charge in [-0.25, -0.2) is 4.98 Å². The maximum absolute atomic E-state index is 12.7. The van der Waals surface area contributed by atoms with Gasteiger partial charge in [-0.05, 0) is 55.0 Å². The number of amides is 2. The summed E-state index contributed by atoms with van der Waals surface area (Å²) in [5, 5.41) is 0. The number of hydrazine groups is 1. The number of rotatable bonds is 6. The molecule has 1 aromatic heterocycles. The third-order valence-corrected chi connectivity index (χ3v) is 5.74. The number of carbonyl (C=O) groups is 2. The van der Waals surface area contributed by atoms with Crippen molar-refractivity contribution in [1.29, 1.82) is 0 Å². The average Bonchev–Trinajstić information content (AvgIpc) is 2.80. The van der Waals surface area contributed by atoms with Gasteiger partial charge < -0.3 is 9.64 Å². The summed E-state index contributed by atoms with van der Waals surface area (Å²) in [6.07, 6.45) is -2.64. The summed E-state index contributed by atoms with van der Waals surface area (Å²) in [6, 6.07) is 8.17. The Balaban J connectivity index is 1.43. The number of nitrogens with zero attached hydrogens (tertiary/aromatic N) is 2. The highest BCUT2D eigenvalue weighted by Crippen LogP contribution is 2.30. The smallest absolute Gasteiger partial charge is 0.417 e. The predicted molar refractivity (Wildman–Crippen MR) is 121 cm³/mol. The molecule has 0 spiro atoms. The largest absolute Gasteiger partial charge is 0.483 e. The maximum Gasteiger partial charge on any atom is 0.417 e. The number of pyridine rings is 1. The summed E-state index contributed by atoms with van der Waals surface area (Å²) in [6.45, 7) is 6.73. The van der Waals surface area contributed by atoms with Crippen LogP contribution in [0.15, 0.2) is 36.5 Å². The highest BCUT2D eigenvalue weighted by Gasteiger charge is 2.31. The van der Waals surface area contributed by atoms with Crippen LogP contribution in [0.3, 0.4) is 0 Å². The molecule has 3 rings (SSSR count). The maximum atomic E-state index is 12.7. The number of halogens is 3. The Bertz CT molecular complexity index is 1000. The minimum atomic E-state index is -4.43. The molecule has 1 aliphatic rings. The molecule has 34 heavy (non-hydrogen) atoms. The van der Waals surface area contributed by atoms with Gasteiger partial charge in [-0.3, -0.25) is 20.4 Å². The van der Waals surface area contributed by atoms with E-state index < -0.39 is 17.6 Å². The third-order valence-electron chi connectivity index (χ3n) is 5.74. The quantitative estimate of drug-likeness (QED) is 0.614. The standard InChI is InChI=1S/C24H29F3N4O3/c1-15(2)19-6-4-16(3)12-20(19)34-14-22(32)29-30-23(33)17-8-10-31(11-9-17)21-7-5-18(13-28-21)24(25,26)27/h4-7,12-13,15,17H,8-11,14H2,1-3H3,(H,29,32)(H,30,33). The van der Waals surface area contributed by atoms with Gasteiger partial charge in [0.1, 0.15) is 11.6 Å². The Morgan fingerprint density at radius 3 is 2.44 bits per heavy atom. The first-order valence-corrected chi connectivity index (χ1v) is 11.1. The van der Waals surface area contributed by atoms with Crippen molar-refractivity contribution in [1.82, 2.24) is 15.8 Å². The molecule has 0 radical (unpaired) electrons. The van der Waals surface area contributed by atoms with Crippen LogP contribution in [0.4, 0.5) is 19.0 Å². The second-order valence-corrected chi connectivity index (χ2v) is 8.69. The Morgan fingerprint density at radius 1 is 1.15 bits per heavy atom. The van der Waals surface area contributed by atoms with E-state index in [0.717, 1.165) is 23.4 Å². The number of alkyl halides is 3. The molecular weight excluding hydrogens is 449 g/mol. The van der Waals surface area contributed by atoms with E-state index in [1.165, 1.54) is 6.07 Å². The van der Waals surface area contributed by atoms with Crippen molar-refractivity contribution in [3.8, 4) is 5.75 Å². The van der Waals surface area contributed by atoms with Gasteiger partial charge in [0.05, 0.1) is 5.56 Å². The monoisotopic (exact) mass is 478 g/mol. The minimum absolute atomic E-state index is 0.235. The van der Waals surface area contributed by atoms with Crippen LogP contribution in [0.25, 0.3) is 0 Å². The summed E-state index contributed by atoms with van der Waals surface area (Å²) < 4.78 is 43.8. The molecule has 1 aromatic carbocycles. The van der Waals surface area contributed by atoms with E-state index >= 15 is 0 Å². The van der Waals surface area contributed by atoms with Gasteiger partial charge in [0.2, 0.25) is 5.91 Å². The van der Waals surface area contributed by atoms with Gasteiger partial charge in [-0.15, -0.1) is 0 Å². The van der Waals surface area contributed by atoms with Crippen LogP contribution in [0.2, 0.25) is 0 Å². The number of benzene rings is 1. The number of hydrogen-bond donors (Lipinski definition) is 2. The zero-order chi connectivity index (χ0) is 24.9. The first kappa shape index (κ1) is 25.3. The molecular formula is C24H29F3N4O3. The molecule has 2 amide bonds. The molecule has 10 heteroatoms. The topological polar surface area (TPSA) is 83.6 Å². The van der Waals surface area contributed by atoms with Crippen molar-refractivity contribution in [2.24, 2.45) is 5.92 Å². The predicted octanol–water partition coefficient (Wildman–Crippen LogP) is 3.98. The summed E-state index contributed by atoms with van der Waals surface area (Å²) in [4.78, 5) is 30.3. The van der Waals surface area contributed by atoms with E-state index in [2.05, 4.69) is 15.8 Å². The van der Waals surface area contributed by atoms with E-state index in [1.54, 1.807) is 0 Å². The first-order chi connectivity index (χ1) is 16.0. The van der Waals surface area contributed by atoms with Crippen molar-refractivity contribution in [2.75, 3.05) is 24.6 Å². The van der Waals surface area contributed by atoms with Gasteiger partial charge in [-0.2, -0.15) is 13.2 Å². The molecule has 0 atom stereocenters. The van der Waals surface area contributed by atoms with Gasteiger partial charge in [0.15, 0.2) is 6.61 Å². The molecule has 2 N–H and O–H groups in total. The molecule has 1 saturated heterocycles. The molecule has 1 aliphatic heterocycles. The van der Waals surface area contributed by atoms with Crippen molar-refractivity contribution >= 4 is 17.6 Å². The first-order valence-electron chi connectivity index (χ1n) is 11.1. The number of nitrogens with one attached hydrogen (secondary N) is 2. The van der Waals surface area contributed by atoms with Crippen molar-refractivity contribution in [3.63, 3.8) is 0 Å². The molecule has 0 saturated carbocycles. The molecule has 0 aliphatic carbocycles. The fraction of sp³-hybridized carbons (Fsp3) is 0.458. The lowest BCUT2D eigenvalue weighted by Gasteiger charge is -2.32. The van der Waals surface area contributed by atoms with Crippen LogP contribution in [-0.4, -0.2) is 36.5 Å². The molecule has 0 unspecified atom stereocenters. The number of piperidine rings is 1. The van der Waals surface area contributed by atoms with Crippen LogP contribution < -0.4 is 20.5 Å². The molecule has 2 heterocycles. The van der Waals surface area contributed by atoms with E-state index in [-0.39, 0.29) is 24.3 Å². The highest BCUT2D eigenvalue weighted by atomic mass is 19.4. The summed E-state index contributed by atoms with van der Waals surface area (Å²) in [5.41, 5.74) is 6.04. The van der Waals surface area contributed by atoms with E-state index in [0.29, 0.717) is 37.5 Å². The van der Waals surface area contributed by atoms with Gasteiger partial charge in [-0.1, -0.05) is 26.0 Å². The Hall–Kier alpha value is -3.30. The van der Waals surface area contributed by atoms with E-state index in [9.17, 15) is 22.8 Å². The van der Waals surface area contributed by atoms with Crippen LogP contribution in [0, 0.1) is 12.8 Å². The number of carbonyl (C=O) groups excluding carboxylic acids is 2. The average molecular weight is 479 g/mol. The Kier molecular flexibility index (Phi) is 8.01. The molecule has 2 aromatic rings. The summed E-state index contributed by atoms with van der Waals surface area (Å²) in [7, 11) is 0. The molecule has 7 nitrogen and oxygen atoms in total. The van der Waals surface area contributed by atoms with Gasteiger partial charge in [0, 0.05) is 25.2 Å². The van der Waals surface area contributed by atoms with Crippen LogP contribution in [0.5, 0.6) is 5.75 Å². The minimum Gasteiger partial charge on any atom is -0.483 e. The van der Waals surface area contributed by atoms with Gasteiger partial charge in [0.25, 0.3) is 5.91 Å². The van der Waals surface area contributed by atoms with Crippen molar-refractivity contribution in [2.45, 2.75) is 45.7 Å². The zero-order valence-electron chi connectivity index (χ0n) is 19.4. The highest BCUT2D eigenvalue weighted by molar-refractivity contribution is 5.84. The van der Waals surface area contributed by atoms with E-state index in [1.807, 2.05) is 43.9 Å². The number of anilines is 1. The molecule has 1 fully saturated rings. The molecule has 184 valence electrons. The summed E-state index contributed by atoms with van der Waals surface area (Å²) in [5.74, 6) is 0.205. The fourth-order valence-corrected chi connectivity index (χ4v) is 3.77. The second-order valence-electron chi connectivity index (χ2n) is 8.69.